The van der Waals surface area contributed by atoms with Crippen molar-refractivity contribution in [2.24, 2.45) is 0 Å². The number of benzene rings is 7. The summed E-state index contributed by atoms with van der Waals surface area (Å²) < 4.78 is 5.27. The molecule has 236 valence electrons. The van der Waals surface area contributed by atoms with Gasteiger partial charge in [-0.05, 0) is 0 Å². The zero-order valence-electron chi connectivity index (χ0n) is 26.8. The Hall–Kier alpha value is -5.92. The van der Waals surface area contributed by atoms with E-state index in [1.54, 1.807) is 0 Å². The van der Waals surface area contributed by atoms with E-state index in [9.17, 15) is 0 Å². The summed E-state index contributed by atoms with van der Waals surface area (Å²) in [7, 11) is 0. The maximum atomic E-state index is 5.00. The first-order valence-electron chi connectivity index (χ1n) is 16.7. The summed E-state index contributed by atoms with van der Waals surface area (Å²) in [5.41, 5.74) is 11.7. The van der Waals surface area contributed by atoms with Crippen LogP contribution in [0.25, 0.3) is 83.9 Å². The van der Waals surface area contributed by atoms with Crippen molar-refractivity contribution in [1.82, 2.24) is 19.5 Å². The molecular formula is C45H28IN4-. The molecule has 1 aliphatic rings. The van der Waals surface area contributed by atoms with Crippen LogP contribution in [0, 0.1) is 7.14 Å². The van der Waals surface area contributed by atoms with Crippen molar-refractivity contribution >= 4 is 21.8 Å². The Bertz CT molecular complexity index is 2660. The van der Waals surface area contributed by atoms with E-state index < -0.39 is 0 Å². The fourth-order valence-electron chi connectivity index (χ4n) is 7.10. The molecule has 0 saturated heterocycles. The van der Waals surface area contributed by atoms with E-state index >= 15 is 0 Å². The van der Waals surface area contributed by atoms with E-state index in [1.807, 2.05) is 36.4 Å². The molecule has 7 aromatic carbocycles. The van der Waals surface area contributed by atoms with E-state index in [1.165, 1.54) is 56.9 Å². The number of halogens is 1. The standard InChI is InChI=1S/C45H28IN4/c1-4-13-29(14-5-1)34-20-12-22-41-42(34)36-19-10-11-21-40(36)50(41)33-24-26-38-37(28-33)35-25-23-32(27-39(35)46-38)45-48-43(30-15-6-2-7-16-30)47-44(49-45)31-17-8-3-9-18-31/h1-28H/q-1. The molecule has 0 atom stereocenters. The molecule has 1 aliphatic heterocycles. The Morgan fingerprint density at radius 1 is 0.380 bits per heavy atom. The number of rotatable bonds is 5. The topological polar surface area (TPSA) is 43.6 Å². The average Bonchev–Trinajstić information content (AvgIpc) is 3.73. The second-order valence-corrected chi connectivity index (χ2v) is 15.3. The molecular weight excluding hydrogens is 723 g/mol. The van der Waals surface area contributed by atoms with Crippen LogP contribution in [0.5, 0.6) is 0 Å². The minimum atomic E-state index is -0.369. The van der Waals surface area contributed by atoms with Gasteiger partial charge in [0.2, 0.25) is 0 Å². The first-order valence-corrected chi connectivity index (χ1v) is 18.8. The minimum absolute atomic E-state index is 0.369. The van der Waals surface area contributed by atoms with E-state index in [-0.39, 0.29) is 21.2 Å². The summed E-state index contributed by atoms with van der Waals surface area (Å²) in [6.07, 6.45) is 0. The molecule has 4 nitrogen and oxygen atoms in total. The number of hydrogen-bond donors (Lipinski definition) is 0. The van der Waals surface area contributed by atoms with Crippen molar-refractivity contribution in [2.75, 3.05) is 0 Å². The molecule has 2 aromatic heterocycles. The second-order valence-electron chi connectivity index (χ2n) is 12.4. The molecule has 0 spiro atoms. The maximum absolute atomic E-state index is 5.00. The fraction of sp³-hybridized carbons (Fsp3) is 0. The third-order valence-electron chi connectivity index (χ3n) is 9.41. The van der Waals surface area contributed by atoms with Crippen LogP contribution in [0.3, 0.4) is 0 Å². The van der Waals surface area contributed by atoms with Crippen LogP contribution in [0.15, 0.2) is 170 Å². The van der Waals surface area contributed by atoms with Gasteiger partial charge in [-0.2, -0.15) is 0 Å². The number of hydrogen-bond acceptors (Lipinski definition) is 3. The van der Waals surface area contributed by atoms with Crippen LogP contribution >= 0.6 is 0 Å². The molecule has 0 bridgehead atoms. The fourth-order valence-corrected chi connectivity index (χ4v) is 10.1. The van der Waals surface area contributed by atoms with E-state index in [2.05, 4.69) is 138 Å². The van der Waals surface area contributed by atoms with Gasteiger partial charge in [-0.15, -0.1) is 0 Å². The SMILES string of the molecule is c1ccc(-c2nc(-c3ccccc3)nc(-c3ccc4c(c3)[I-]c3ccc(-n5c6ccccc6c6c(-c7ccccc7)cccc65)cc3-4)n2)cc1. The number of fused-ring (bicyclic) bond motifs is 6. The quantitative estimate of drug-likeness (QED) is 0.169. The van der Waals surface area contributed by atoms with E-state index in [0.29, 0.717) is 17.5 Å². The van der Waals surface area contributed by atoms with Crippen LogP contribution in [-0.4, -0.2) is 19.5 Å². The van der Waals surface area contributed by atoms with Crippen molar-refractivity contribution in [3.05, 3.63) is 177 Å². The predicted molar refractivity (Wildman–Crippen MR) is 199 cm³/mol. The summed E-state index contributed by atoms with van der Waals surface area (Å²) in [6, 6.07) is 60.3. The van der Waals surface area contributed by atoms with Gasteiger partial charge >= 0.3 is 302 Å². The van der Waals surface area contributed by atoms with Crippen molar-refractivity contribution < 1.29 is 21.2 Å². The molecule has 0 fully saturated rings. The van der Waals surface area contributed by atoms with Gasteiger partial charge in [0, 0.05) is 0 Å². The molecule has 0 N–H and O–H groups in total. The zero-order valence-corrected chi connectivity index (χ0v) is 29.0. The molecule has 5 heteroatoms. The van der Waals surface area contributed by atoms with Crippen molar-refractivity contribution in [3.63, 3.8) is 0 Å². The molecule has 9 aromatic rings. The van der Waals surface area contributed by atoms with Crippen LogP contribution < -0.4 is 21.2 Å². The summed E-state index contributed by atoms with van der Waals surface area (Å²) in [5.74, 6) is 2.05. The third kappa shape index (κ3) is 4.84. The summed E-state index contributed by atoms with van der Waals surface area (Å²) in [6.45, 7) is 0. The van der Waals surface area contributed by atoms with Crippen LogP contribution in [0.2, 0.25) is 0 Å². The number of nitrogens with zero attached hydrogens (tertiary/aromatic N) is 4. The van der Waals surface area contributed by atoms with Crippen LogP contribution in [0.1, 0.15) is 0 Å². The Kier molecular flexibility index (Phi) is 6.91. The average molecular weight is 752 g/mol. The molecule has 3 heterocycles. The van der Waals surface area contributed by atoms with Gasteiger partial charge in [-0.1, -0.05) is 0 Å². The zero-order chi connectivity index (χ0) is 33.0. The molecule has 0 saturated carbocycles. The van der Waals surface area contributed by atoms with Crippen LogP contribution in [0.4, 0.5) is 0 Å². The summed E-state index contributed by atoms with van der Waals surface area (Å²) >= 11 is -0.369. The van der Waals surface area contributed by atoms with Gasteiger partial charge < -0.3 is 0 Å². The first-order chi connectivity index (χ1) is 24.8. The van der Waals surface area contributed by atoms with Gasteiger partial charge in [-0.25, -0.2) is 0 Å². The van der Waals surface area contributed by atoms with Gasteiger partial charge in [0.25, 0.3) is 0 Å². The van der Waals surface area contributed by atoms with Gasteiger partial charge in [0.1, 0.15) is 0 Å². The molecule has 0 amide bonds. The number of aromatic nitrogens is 4. The predicted octanol–water partition coefficient (Wildman–Crippen LogP) is 7.75. The summed E-state index contributed by atoms with van der Waals surface area (Å²) in [4.78, 5) is 14.9. The Morgan fingerprint density at radius 3 is 1.68 bits per heavy atom. The second kappa shape index (κ2) is 11.9. The van der Waals surface area contributed by atoms with Crippen molar-refractivity contribution in [1.29, 1.82) is 0 Å². The van der Waals surface area contributed by atoms with Gasteiger partial charge in [0.05, 0.1) is 0 Å². The van der Waals surface area contributed by atoms with E-state index in [4.69, 9.17) is 15.0 Å². The molecule has 0 radical (unpaired) electrons. The van der Waals surface area contributed by atoms with Crippen molar-refractivity contribution in [3.8, 4) is 62.1 Å². The van der Waals surface area contributed by atoms with Crippen molar-refractivity contribution in [2.45, 2.75) is 0 Å². The van der Waals surface area contributed by atoms with E-state index in [0.717, 1.165) is 16.7 Å². The first kappa shape index (κ1) is 29.0. The molecule has 10 rings (SSSR count). The monoisotopic (exact) mass is 751 g/mol. The van der Waals surface area contributed by atoms with Gasteiger partial charge in [-0.3, -0.25) is 0 Å². The molecule has 0 unspecified atom stereocenters. The Morgan fingerprint density at radius 2 is 0.980 bits per heavy atom. The Labute approximate surface area is 300 Å². The number of para-hydroxylation sites is 1. The molecule has 0 aliphatic carbocycles. The molecule has 50 heavy (non-hydrogen) atoms. The third-order valence-corrected chi connectivity index (χ3v) is 12.4. The van der Waals surface area contributed by atoms with Gasteiger partial charge in [0.15, 0.2) is 0 Å². The summed E-state index contributed by atoms with van der Waals surface area (Å²) in [5, 5.41) is 2.55. The van der Waals surface area contributed by atoms with Crippen LogP contribution in [-0.2, 0) is 0 Å². The Balaban J connectivity index is 1.09. The normalized spacial score (nSPS) is 12.1.